The van der Waals surface area contributed by atoms with Gasteiger partial charge in [0.1, 0.15) is 6.10 Å². The summed E-state index contributed by atoms with van der Waals surface area (Å²) < 4.78 is 5.60. The number of nitrogens with zero attached hydrogens (tertiary/aromatic N) is 1. The van der Waals surface area contributed by atoms with Crippen LogP contribution in [0.2, 0.25) is 0 Å². The zero-order valence-electron chi connectivity index (χ0n) is 11.3. The molecule has 0 N–H and O–H groups in total. The van der Waals surface area contributed by atoms with Gasteiger partial charge in [-0.1, -0.05) is 58.4 Å². The fraction of sp³-hybridized carbons (Fsp3) is 0.800. The molecule has 0 aromatic carbocycles. The molecule has 1 heterocycles. The fourth-order valence-corrected chi connectivity index (χ4v) is 2.21. The molecule has 98 valence electrons. The van der Waals surface area contributed by atoms with Crippen molar-refractivity contribution in [1.82, 2.24) is 0 Å². The molecule has 0 aliphatic carbocycles. The van der Waals surface area contributed by atoms with E-state index in [4.69, 9.17) is 4.74 Å². The number of hydrogen-bond donors (Lipinski definition) is 0. The van der Waals surface area contributed by atoms with Crippen LogP contribution < -0.4 is 0 Å². The summed E-state index contributed by atoms with van der Waals surface area (Å²) in [5.41, 5.74) is 0. The zero-order valence-corrected chi connectivity index (χ0v) is 11.3. The first-order valence-electron chi connectivity index (χ1n) is 7.20. The van der Waals surface area contributed by atoms with E-state index in [0.717, 1.165) is 18.9 Å². The van der Waals surface area contributed by atoms with E-state index in [0.29, 0.717) is 6.10 Å². The van der Waals surface area contributed by atoms with Crippen molar-refractivity contribution >= 4 is 5.90 Å². The summed E-state index contributed by atoms with van der Waals surface area (Å²) in [6, 6.07) is 0. The minimum absolute atomic E-state index is 0.322. The Hall–Kier alpha value is -0.790. The highest BCUT2D eigenvalue weighted by Crippen LogP contribution is 2.15. The van der Waals surface area contributed by atoms with Crippen molar-refractivity contribution in [3.8, 4) is 0 Å². The molecule has 1 unspecified atom stereocenters. The van der Waals surface area contributed by atoms with Crippen LogP contribution in [-0.2, 0) is 4.74 Å². The Morgan fingerprint density at radius 2 is 1.82 bits per heavy atom. The summed E-state index contributed by atoms with van der Waals surface area (Å²) in [6.07, 6.45) is 14.1. The largest absolute Gasteiger partial charge is 0.473 e. The van der Waals surface area contributed by atoms with Crippen molar-refractivity contribution in [2.24, 2.45) is 4.99 Å². The van der Waals surface area contributed by atoms with Gasteiger partial charge in [-0.2, -0.15) is 0 Å². The predicted molar refractivity (Wildman–Crippen MR) is 74.6 cm³/mol. The number of unbranched alkanes of at least 4 members (excludes halogenated alkanes) is 7. The number of rotatable bonds is 10. The minimum Gasteiger partial charge on any atom is -0.473 e. The van der Waals surface area contributed by atoms with Crippen LogP contribution >= 0.6 is 0 Å². The molecule has 0 saturated carbocycles. The fourth-order valence-electron chi connectivity index (χ4n) is 2.21. The van der Waals surface area contributed by atoms with Crippen molar-refractivity contribution in [2.45, 2.75) is 70.8 Å². The molecule has 0 amide bonds. The van der Waals surface area contributed by atoms with Gasteiger partial charge in [0.15, 0.2) is 0 Å². The van der Waals surface area contributed by atoms with Crippen LogP contribution in [0, 0.1) is 0 Å². The molecule has 0 spiro atoms. The zero-order chi connectivity index (χ0) is 12.3. The smallest absolute Gasteiger partial charge is 0.208 e. The summed E-state index contributed by atoms with van der Waals surface area (Å²) in [7, 11) is 0. The van der Waals surface area contributed by atoms with Gasteiger partial charge in [-0.15, -0.1) is 0 Å². The lowest BCUT2D eigenvalue weighted by atomic mass is 10.1. The standard InChI is InChI=1S/C15H27NO/c1-3-5-6-7-8-9-10-11-12-14-13-16-15(4-2)17-14/h4,14H,2-3,5-13H2,1H3. The molecule has 1 aliphatic heterocycles. The van der Waals surface area contributed by atoms with Crippen LogP contribution in [0.3, 0.4) is 0 Å². The van der Waals surface area contributed by atoms with E-state index in [2.05, 4.69) is 18.5 Å². The molecule has 17 heavy (non-hydrogen) atoms. The summed E-state index contributed by atoms with van der Waals surface area (Å²) in [5, 5.41) is 0. The van der Waals surface area contributed by atoms with Gasteiger partial charge in [0.05, 0.1) is 6.54 Å². The first-order valence-corrected chi connectivity index (χ1v) is 7.20. The van der Waals surface area contributed by atoms with E-state index in [1.165, 1.54) is 51.4 Å². The predicted octanol–water partition coefficient (Wildman–Crippen LogP) is 4.50. The lowest BCUT2D eigenvalue weighted by molar-refractivity contribution is 0.209. The Morgan fingerprint density at radius 1 is 1.18 bits per heavy atom. The second-order valence-electron chi connectivity index (χ2n) is 4.89. The quantitative estimate of drug-likeness (QED) is 0.513. The van der Waals surface area contributed by atoms with Crippen LogP contribution in [0.5, 0.6) is 0 Å². The van der Waals surface area contributed by atoms with Gasteiger partial charge in [0.25, 0.3) is 0 Å². The highest BCUT2D eigenvalue weighted by molar-refractivity contribution is 5.88. The molecular weight excluding hydrogens is 210 g/mol. The third-order valence-electron chi connectivity index (χ3n) is 3.29. The van der Waals surface area contributed by atoms with Crippen LogP contribution in [0.4, 0.5) is 0 Å². The Labute approximate surface area is 106 Å². The highest BCUT2D eigenvalue weighted by atomic mass is 16.5. The number of hydrogen-bond acceptors (Lipinski definition) is 2. The maximum Gasteiger partial charge on any atom is 0.208 e. The van der Waals surface area contributed by atoms with Crippen molar-refractivity contribution < 1.29 is 4.74 Å². The van der Waals surface area contributed by atoms with E-state index in [1.54, 1.807) is 6.08 Å². The lowest BCUT2D eigenvalue weighted by Gasteiger charge is -2.09. The average Bonchev–Trinajstić information content (AvgIpc) is 2.80. The van der Waals surface area contributed by atoms with E-state index in [-0.39, 0.29) is 0 Å². The molecule has 0 fully saturated rings. The average molecular weight is 237 g/mol. The Morgan fingerprint density at radius 3 is 2.41 bits per heavy atom. The Kier molecular flexibility index (Phi) is 7.78. The monoisotopic (exact) mass is 237 g/mol. The van der Waals surface area contributed by atoms with E-state index in [1.807, 2.05) is 0 Å². The van der Waals surface area contributed by atoms with Gasteiger partial charge >= 0.3 is 0 Å². The van der Waals surface area contributed by atoms with Crippen LogP contribution in [0.15, 0.2) is 17.6 Å². The van der Waals surface area contributed by atoms with E-state index >= 15 is 0 Å². The Bertz CT molecular complexity index is 235. The summed E-state index contributed by atoms with van der Waals surface area (Å²) >= 11 is 0. The van der Waals surface area contributed by atoms with Crippen molar-refractivity contribution in [1.29, 1.82) is 0 Å². The molecule has 2 nitrogen and oxygen atoms in total. The van der Waals surface area contributed by atoms with Crippen LogP contribution in [0.1, 0.15) is 64.7 Å². The molecule has 1 atom stereocenters. The third kappa shape index (κ3) is 6.50. The van der Waals surface area contributed by atoms with E-state index in [9.17, 15) is 0 Å². The summed E-state index contributed by atoms with van der Waals surface area (Å²) in [6.45, 7) is 6.76. The van der Waals surface area contributed by atoms with Gasteiger partial charge in [-0.25, -0.2) is 4.99 Å². The molecule has 0 radical (unpaired) electrons. The van der Waals surface area contributed by atoms with Crippen LogP contribution in [0.25, 0.3) is 0 Å². The molecule has 2 heteroatoms. The normalized spacial score (nSPS) is 18.9. The van der Waals surface area contributed by atoms with Gasteiger partial charge in [-0.05, 0) is 18.9 Å². The first-order chi connectivity index (χ1) is 8.36. The lowest BCUT2D eigenvalue weighted by Crippen LogP contribution is -2.11. The maximum absolute atomic E-state index is 5.60. The minimum atomic E-state index is 0.322. The number of aliphatic imine (C=N–C) groups is 1. The van der Waals surface area contributed by atoms with Crippen molar-refractivity contribution in [3.05, 3.63) is 12.7 Å². The summed E-state index contributed by atoms with van der Waals surface area (Å²) in [4.78, 5) is 4.26. The van der Waals surface area contributed by atoms with Gasteiger partial charge in [-0.3, -0.25) is 0 Å². The number of ether oxygens (including phenoxy) is 1. The maximum atomic E-state index is 5.60. The summed E-state index contributed by atoms with van der Waals surface area (Å²) in [5.74, 6) is 0.731. The van der Waals surface area contributed by atoms with Crippen molar-refractivity contribution in [2.75, 3.05) is 6.54 Å². The topological polar surface area (TPSA) is 21.6 Å². The first kappa shape index (κ1) is 14.3. The molecule has 0 aromatic rings. The van der Waals surface area contributed by atoms with Crippen LogP contribution in [-0.4, -0.2) is 18.5 Å². The van der Waals surface area contributed by atoms with Gasteiger partial charge in [0, 0.05) is 0 Å². The highest BCUT2D eigenvalue weighted by Gasteiger charge is 2.16. The van der Waals surface area contributed by atoms with E-state index < -0.39 is 0 Å². The molecule has 0 saturated heterocycles. The third-order valence-corrected chi connectivity index (χ3v) is 3.29. The molecule has 1 aliphatic rings. The van der Waals surface area contributed by atoms with Crippen molar-refractivity contribution in [3.63, 3.8) is 0 Å². The van der Waals surface area contributed by atoms with Gasteiger partial charge in [0.2, 0.25) is 5.90 Å². The molecular formula is C15H27NO. The molecule has 0 bridgehead atoms. The van der Waals surface area contributed by atoms with Gasteiger partial charge < -0.3 is 4.74 Å². The SMILES string of the molecule is C=CC1=NCC(CCCCCCCCCC)O1. The Balaban J connectivity index is 1.84. The second-order valence-corrected chi connectivity index (χ2v) is 4.89. The second kappa shape index (κ2) is 9.26. The molecule has 0 aromatic heterocycles. The molecule has 1 rings (SSSR count).